The molecule has 2 aliphatic rings. The Bertz CT molecular complexity index is 1230. The van der Waals surface area contributed by atoms with Crippen molar-refractivity contribution in [2.75, 3.05) is 20.3 Å². The number of hydrogen-bond donors (Lipinski definition) is 6. The first-order valence-corrected chi connectivity index (χ1v) is 16.7. The number of nitrogens with zero attached hydrogens (tertiary/aromatic N) is 1. The molecule has 1 heterocycles. The van der Waals surface area contributed by atoms with Crippen LogP contribution in [0.1, 0.15) is 82.1 Å². The average molecular weight is 736 g/mol. The van der Waals surface area contributed by atoms with E-state index < -0.39 is 121 Å². The number of ether oxygens (including phenoxy) is 6. The molecule has 0 aromatic heterocycles. The summed E-state index contributed by atoms with van der Waals surface area (Å²) in [6.45, 7) is 14.8. The van der Waals surface area contributed by atoms with Crippen LogP contribution in [0.5, 0.6) is 0 Å². The van der Waals surface area contributed by atoms with E-state index in [9.17, 15) is 44.4 Å². The Morgan fingerprint density at radius 1 is 0.882 bits per heavy atom. The van der Waals surface area contributed by atoms with Gasteiger partial charge in [-0.05, 0) is 75.7 Å². The molecular weight excluding hydrogens is 678 g/mol. The van der Waals surface area contributed by atoms with E-state index in [-0.39, 0.29) is 6.42 Å². The van der Waals surface area contributed by atoms with Gasteiger partial charge >= 0.3 is 24.2 Å². The lowest BCUT2D eigenvalue weighted by Gasteiger charge is -2.50. The fraction of sp³-hybridized carbons (Fsp3) is 0.848. The maximum absolute atomic E-state index is 13.1. The first-order chi connectivity index (χ1) is 23.2. The Morgan fingerprint density at radius 2 is 1.39 bits per heavy atom. The van der Waals surface area contributed by atoms with Gasteiger partial charge in [0.15, 0.2) is 12.4 Å². The minimum atomic E-state index is -1.83. The fourth-order valence-corrected chi connectivity index (χ4v) is 5.60. The Hall–Kier alpha value is -3.29. The van der Waals surface area contributed by atoms with Crippen molar-refractivity contribution >= 4 is 30.5 Å². The maximum Gasteiger partial charge on any atom is 0.410 e. The largest absolute Gasteiger partial charge is 0.457 e. The van der Waals surface area contributed by atoms with Crippen LogP contribution in [-0.4, -0.2) is 147 Å². The van der Waals surface area contributed by atoms with Crippen LogP contribution in [0.25, 0.3) is 0 Å². The van der Waals surface area contributed by atoms with Crippen LogP contribution in [0.4, 0.5) is 14.4 Å². The fourth-order valence-electron chi connectivity index (χ4n) is 5.60. The second-order valence-electron chi connectivity index (χ2n) is 16.1. The summed E-state index contributed by atoms with van der Waals surface area (Å²) >= 11 is 0. The van der Waals surface area contributed by atoms with Gasteiger partial charge in [0.05, 0.1) is 37.8 Å². The number of nitrogens with one attached hydrogen (secondary N) is 2. The molecule has 1 unspecified atom stereocenters. The van der Waals surface area contributed by atoms with Gasteiger partial charge in [-0.15, -0.1) is 0 Å². The lowest BCUT2D eigenvalue weighted by atomic mass is 9.83. The number of aliphatic hydroxyl groups excluding tert-OH is 3. The van der Waals surface area contributed by atoms with Gasteiger partial charge < -0.3 is 69.2 Å². The molecule has 18 nitrogen and oxygen atoms in total. The lowest BCUT2D eigenvalue weighted by molar-refractivity contribution is -0.306. The van der Waals surface area contributed by atoms with Crippen LogP contribution < -0.4 is 10.6 Å². The van der Waals surface area contributed by atoms with Crippen LogP contribution in [0.3, 0.4) is 0 Å². The summed E-state index contributed by atoms with van der Waals surface area (Å²) < 4.78 is 33.7. The van der Waals surface area contributed by atoms with Gasteiger partial charge in [-0.25, -0.2) is 14.4 Å². The Balaban J connectivity index is 2.58. The molecule has 0 bridgehead atoms. The van der Waals surface area contributed by atoms with Gasteiger partial charge in [-0.1, -0.05) is 0 Å². The van der Waals surface area contributed by atoms with E-state index >= 15 is 0 Å². The summed E-state index contributed by atoms with van der Waals surface area (Å²) in [5, 5.41) is 48.9. The quantitative estimate of drug-likeness (QED) is 0.103. The normalized spacial score (nSPS) is 30.6. The molecule has 51 heavy (non-hydrogen) atoms. The number of carbonyl (C=O) groups is 5. The van der Waals surface area contributed by atoms with E-state index in [1.54, 1.807) is 62.3 Å². The number of alkyl carbamates (subject to hydrolysis) is 2. The molecule has 1 aliphatic heterocycles. The van der Waals surface area contributed by atoms with Crippen molar-refractivity contribution in [1.29, 1.82) is 0 Å². The zero-order chi connectivity index (χ0) is 39.3. The average Bonchev–Trinajstić information content (AvgIpc) is 2.93. The van der Waals surface area contributed by atoms with Crippen molar-refractivity contribution in [1.82, 2.24) is 15.5 Å². The van der Waals surface area contributed by atoms with E-state index in [0.29, 0.717) is 6.29 Å². The van der Waals surface area contributed by atoms with Crippen molar-refractivity contribution in [3.63, 3.8) is 0 Å². The molecule has 1 aliphatic carbocycles. The van der Waals surface area contributed by atoms with Crippen LogP contribution in [0, 0.1) is 5.92 Å². The third-order valence-corrected chi connectivity index (χ3v) is 7.67. The first kappa shape index (κ1) is 43.9. The number of esters is 1. The number of rotatable bonds is 10. The van der Waals surface area contributed by atoms with Gasteiger partial charge in [0.1, 0.15) is 47.0 Å². The molecule has 0 aromatic carbocycles. The van der Waals surface area contributed by atoms with Gasteiger partial charge in [0, 0.05) is 13.0 Å². The highest BCUT2D eigenvalue weighted by Gasteiger charge is 2.55. The highest BCUT2D eigenvalue weighted by atomic mass is 16.7. The van der Waals surface area contributed by atoms with E-state index in [2.05, 4.69) is 10.6 Å². The zero-order valence-corrected chi connectivity index (χ0v) is 31.3. The van der Waals surface area contributed by atoms with Crippen molar-refractivity contribution in [2.45, 2.75) is 153 Å². The third kappa shape index (κ3) is 13.3. The molecule has 18 heteroatoms. The van der Waals surface area contributed by atoms with Crippen LogP contribution in [0.15, 0.2) is 0 Å². The van der Waals surface area contributed by atoms with Crippen molar-refractivity contribution in [3.05, 3.63) is 0 Å². The molecule has 0 aromatic rings. The van der Waals surface area contributed by atoms with E-state index in [4.69, 9.17) is 28.4 Å². The summed E-state index contributed by atoms with van der Waals surface area (Å²) in [5.41, 5.74) is -4.63. The van der Waals surface area contributed by atoms with Gasteiger partial charge in [0.2, 0.25) is 0 Å². The second-order valence-corrected chi connectivity index (χ2v) is 16.1. The van der Waals surface area contributed by atoms with Gasteiger partial charge in [-0.3, -0.25) is 4.79 Å². The predicted octanol–water partition coefficient (Wildman–Crippen LogP) is 0.736. The smallest absolute Gasteiger partial charge is 0.410 e. The minimum absolute atomic E-state index is 0.256. The molecule has 294 valence electrons. The molecular formula is C33H57N3O15. The van der Waals surface area contributed by atoms with E-state index in [1.807, 2.05) is 0 Å². The Morgan fingerprint density at radius 3 is 1.86 bits per heavy atom. The highest BCUT2D eigenvalue weighted by Crippen LogP contribution is 2.34. The number of aliphatic hydroxyl groups is 4. The zero-order valence-electron chi connectivity index (χ0n) is 31.3. The number of amides is 3. The van der Waals surface area contributed by atoms with Crippen molar-refractivity contribution in [2.24, 2.45) is 5.92 Å². The molecule has 0 spiro atoms. The number of aldehydes is 1. The molecule has 1 saturated carbocycles. The third-order valence-electron chi connectivity index (χ3n) is 7.67. The minimum Gasteiger partial charge on any atom is -0.457 e. The number of likely N-dealkylation sites (N-methyl/N-ethyl adjacent to an activating group) is 1. The predicted molar refractivity (Wildman–Crippen MR) is 177 cm³/mol. The van der Waals surface area contributed by atoms with Gasteiger partial charge in [0.25, 0.3) is 0 Å². The summed E-state index contributed by atoms with van der Waals surface area (Å²) in [5.74, 6) is -2.19. The molecule has 2 fully saturated rings. The summed E-state index contributed by atoms with van der Waals surface area (Å²) in [6.07, 6.45) is -11.7. The van der Waals surface area contributed by atoms with Crippen LogP contribution in [-0.2, 0) is 38.0 Å². The maximum atomic E-state index is 13.1. The Labute approximate surface area is 298 Å². The van der Waals surface area contributed by atoms with Gasteiger partial charge in [-0.2, -0.15) is 0 Å². The van der Waals surface area contributed by atoms with E-state index in [0.717, 1.165) is 4.90 Å². The molecule has 0 radical (unpaired) electrons. The lowest BCUT2D eigenvalue weighted by Crippen LogP contribution is -2.70. The summed E-state index contributed by atoms with van der Waals surface area (Å²) in [6, 6.07) is -3.85. The van der Waals surface area contributed by atoms with Crippen molar-refractivity contribution < 1.29 is 72.8 Å². The van der Waals surface area contributed by atoms with Crippen LogP contribution in [0.2, 0.25) is 0 Å². The number of hydrogen-bond acceptors (Lipinski definition) is 15. The standard InChI is InChI=1S/C33H57N3O15/c1-30(2,3)49-27(42)34-18-13-19(35-28(43)50-31(4,5)6)23(24(21(18)40)47-20(39)12-17(14-37)15-38)48-26-22(41)25(33(10,45)16-46-26)36(11)29(44)51-32(7,8)9/h14,17-19,21-26,38,40-41,45H,12-13,15-16H2,1-11H3,(H,34,42)(H,35,43)/t17?,18-,19+,21+,22+,23-,24-,25+,26+,33-/m0/s1. The number of carbonyl (C=O) groups excluding carboxylic acids is 5. The molecule has 1 saturated heterocycles. The first-order valence-electron chi connectivity index (χ1n) is 16.7. The summed E-state index contributed by atoms with van der Waals surface area (Å²) in [7, 11) is 1.30. The highest BCUT2D eigenvalue weighted by molar-refractivity contribution is 5.74. The molecule has 3 amide bonds. The molecule has 6 N–H and O–H groups in total. The van der Waals surface area contributed by atoms with Crippen LogP contribution >= 0.6 is 0 Å². The SMILES string of the molecule is CN(C(=O)OC(C)(C)C)[C@@H]1[C@@H](O)[C@@H](O[C@@H]2[C@@H](OC(=O)CC(C=O)CO)[C@H](O)[C@@H](NC(=O)OC(C)(C)C)C[C@H]2NC(=O)OC(C)(C)C)OC[C@]1(C)O. The molecule has 10 atom stereocenters. The monoisotopic (exact) mass is 735 g/mol. The Kier molecular flexibility index (Phi) is 14.6. The van der Waals surface area contributed by atoms with E-state index in [1.165, 1.54) is 14.0 Å². The summed E-state index contributed by atoms with van der Waals surface area (Å²) in [4.78, 5) is 64.3. The van der Waals surface area contributed by atoms with Crippen molar-refractivity contribution in [3.8, 4) is 0 Å². The molecule has 2 rings (SSSR count). The second kappa shape index (κ2) is 17.0. The topological polar surface area (TPSA) is 249 Å².